The lowest BCUT2D eigenvalue weighted by Gasteiger charge is -2.16. The van der Waals surface area contributed by atoms with Crippen molar-refractivity contribution in [2.45, 2.75) is 20.8 Å². The van der Waals surface area contributed by atoms with Gasteiger partial charge in [-0.1, -0.05) is 5.10 Å². The fourth-order valence-electron chi connectivity index (χ4n) is 0.793. The van der Waals surface area contributed by atoms with Crippen LogP contribution in [0.5, 0.6) is 5.19 Å². The maximum absolute atomic E-state index is 11.6. The predicted molar refractivity (Wildman–Crippen MR) is 61.1 cm³/mol. The van der Waals surface area contributed by atoms with Crippen LogP contribution < -0.4 is 10.1 Å². The van der Waals surface area contributed by atoms with Crippen LogP contribution in [0.15, 0.2) is 0 Å². The largest absolute Gasteiger partial charge is 0.480 e. The number of nitrogens with zero attached hydrogens (tertiary/aromatic N) is 2. The van der Waals surface area contributed by atoms with Crippen molar-refractivity contribution in [2.24, 2.45) is 5.41 Å². The topological polar surface area (TPSA) is 101 Å². The van der Waals surface area contributed by atoms with Crippen molar-refractivity contribution in [2.75, 3.05) is 11.9 Å². The first-order chi connectivity index (χ1) is 7.87. The molecular weight excluding hydrogens is 246 g/mol. The number of aliphatic carboxylic acids is 1. The second-order valence-electron chi connectivity index (χ2n) is 3.69. The number of hydrogen-bond acceptors (Lipinski definition) is 6. The number of hydrogen-bond donors (Lipinski definition) is 2. The molecule has 0 aliphatic heterocycles. The zero-order chi connectivity index (χ0) is 13.1. The van der Waals surface area contributed by atoms with Gasteiger partial charge in [-0.15, -0.1) is 5.10 Å². The molecule has 0 fully saturated rings. The average Bonchev–Trinajstić information content (AvgIpc) is 2.65. The van der Waals surface area contributed by atoms with Crippen LogP contribution in [0.3, 0.4) is 0 Å². The van der Waals surface area contributed by atoms with E-state index in [1.807, 2.05) is 0 Å². The molecule has 1 heterocycles. The minimum Gasteiger partial charge on any atom is -0.480 e. The Balaban J connectivity index is 2.71. The summed E-state index contributed by atoms with van der Waals surface area (Å²) in [5.41, 5.74) is -1.52. The van der Waals surface area contributed by atoms with E-state index >= 15 is 0 Å². The Morgan fingerprint density at radius 1 is 1.47 bits per heavy atom. The van der Waals surface area contributed by atoms with Crippen molar-refractivity contribution in [1.29, 1.82) is 0 Å². The third-order valence-electron chi connectivity index (χ3n) is 2.00. The molecule has 1 aromatic rings. The standard InChI is InChI=1S/C9H13N3O4S/c1-4-16-8-12-11-7(17-8)10-5(13)9(2,3)6(14)15/h4H2,1-3H3,(H,14,15)(H,10,11,13). The van der Waals surface area contributed by atoms with E-state index < -0.39 is 17.3 Å². The molecule has 0 saturated carbocycles. The minimum absolute atomic E-state index is 0.216. The molecule has 7 nitrogen and oxygen atoms in total. The van der Waals surface area contributed by atoms with Gasteiger partial charge in [-0.2, -0.15) is 0 Å². The highest BCUT2D eigenvalue weighted by Gasteiger charge is 2.36. The number of rotatable bonds is 5. The summed E-state index contributed by atoms with van der Waals surface area (Å²) in [5.74, 6) is -1.85. The third kappa shape index (κ3) is 3.13. The number of carbonyl (C=O) groups is 2. The fraction of sp³-hybridized carbons (Fsp3) is 0.556. The van der Waals surface area contributed by atoms with Crippen LogP contribution in [0, 0.1) is 5.41 Å². The summed E-state index contributed by atoms with van der Waals surface area (Å²) in [4.78, 5) is 22.5. The molecule has 0 aliphatic carbocycles. The van der Waals surface area contributed by atoms with Crippen LogP contribution in [0.4, 0.5) is 5.13 Å². The Morgan fingerprint density at radius 3 is 2.65 bits per heavy atom. The Hall–Kier alpha value is -1.70. The average molecular weight is 259 g/mol. The van der Waals surface area contributed by atoms with E-state index in [1.165, 1.54) is 13.8 Å². The smallest absolute Gasteiger partial charge is 0.318 e. The van der Waals surface area contributed by atoms with Crippen LogP contribution >= 0.6 is 11.3 Å². The van der Waals surface area contributed by atoms with Gasteiger partial charge >= 0.3 is 5.97 Å². The molecule has 2 N–H and O–H groups in total. The van der Waals surface area contributed by atoms with Crippen molar-refractivity contribution >= 4 is 28.3 Å². The second-order valence-corrected chi connectivity index (χ2v) is 4.63. The number of amides is 1. The number of aromatic nitrogens is 2. The van der Waals surface area contributed by atoms with Gasteiger partial charge in [0.15, 0.2) is 0 Å². The second kappa shape index (κ2) is 5.09. The monoisotopic (exact) mass is 259 g/mol. The lowest BCUT2D eigenvalue weighted by Crippen LogP contribution is -2.37. The van der Waals surface area contributed by atoms with Crippen molar-refractivity contribution in [3.63, 3.8) is 0 Å². The van der Waals surface area contributed by atoms with Crippen LogP contribution in [0.1, 0.15) is 20.8 Å². The fourth-order valence-corrected chi connectivity index (χ4v) is 1.44. The molecule has 17 heavy (non-hydrogen) atoms. The Kier molecular flexibility index (Phi) is 4.00. The number of carboxylic acids is 1. The highest BCUT2D eigenvalue weighted by atomic mass is 32.1. The van der Waals surface area contributed by atoms with Crippen LogP contribution in [0.25, 0.3) is 0 Å². The summed E-state index contributed by atoms with van der Waals surface area (Å²) in [6.07, 6.45) is 0. The SMILES string of the molecule is CCOc1nnc(NC(=O)C(C)(C)C(=O)O)s1. The molecule has 8 heteroatoms. The zero-order valence-corrected chi connectivity index (χ0v) is 10.5. The van der Waals surface area contributed by atoms with Gasteiger partial charge in [0.05, 0.1) is 6.61 Å². The molecule has 0 aliphatic rings. The van der Waals surface area contributed by atoms with E-state index in [1.54, 1.807) is 6.92 Å². The lowest BCUT2D eigenvalue weighted by molar-refractivity contribution is -0.151. The Morgan fingerprint density at radius 2 is 2.12 bits per heavy atom. The molecule has 94 valence electrons. The molecule has 0 radical (unpaired) electrons. The summed E-state index contributed by atoms with van der Waals surface area (Å²) < 4.78 is 5.08. The molecule has 1 aromatic heterocycles. The van der Waals surface area contributed by atoms with Gasteiger partial charge in [-0.25, -0.2) is 0 Å². The van der Waals surface area contributed by atoms with Crippen LogP contribution in [-0.4, -0.2) is 33.8 Å². The molecule has 0 bridgehead atoms. The Labute approximate surface area is 102 Å². The van der Waals surface area contributed by atoms with Crippen LogP contribution in [0.2, 0.25) is 0 Å². The normalized spacial score (nSPS) is 11.0. The number of carboxylic acid groups (broad SMARTS) is 1. The van der Waals surface area contributed by atoms with Gasteiger partial charge in [0, 0.05) is 0 Å². The molecule has 0 aromatic carbocycles. The van der Waals surface area contributed by atoms with E-state index in [0.717, 1.165) is 11.3 Å². The van der Waals surface area contributed by atoms with E-state index in [4.69, 9.17) is 9.84 Å². The predicted octanol–water partition coefficient (Wildman–Crippen LogP) is 0.986. The third-order valence-corrected chi connectivity index (χ3v) is 2.75. The molecule has 0 spiro atoms. The van der Waals surface area contributed by atoms with Gasteiger partial charge in [0.25, 0.3) is 5.19 Å². The summed E-state index contributed by atoms with van der Waals surface area (Å²) in [7, 11) is 0. The molecule has 0 unspecified atom stereocenters. The molecule has 1 rings (SSSR count). The summed E-state index contributed by atoms with van der Waals surface area (Å²) >= 11 is 1.04. The van der Waals surface area contributed by atoms with Crippen molar-refractivity contribution < 1.29 is 19.4 Å². The molecular formula is C9H13N3O4S. The minimum atomic E-state index is -1.52. The highest BCUT2D eigenvalue weighted by molar-refractivity contribution is 7.17. The van der Waals surface area contributed by atoms with Crippen molar-refractivity contribution in [3.8, 4) is 5.19 Å². The van der Waals surface area contributed by atoms with Crippen molar-refractivity contribution in [3.05, 3.63) is 0 Å². The summed E-state index contributed by atoms with van der Waals surface area (Å²) in [6.45, 7) is 4.88. The molecule has 1 amide bonds. The first-order valence-electron chi connectivity index (χ1n) is 4.89. The van der Waals surface area contributed by atoms with Gasteiger partial charge < -0.3 is 9.84 Å². The maximum Gasteiger partial charge on any atom is 0.318 e. The first-order valence-corrected chi connectivity index (χ1v) is 5.70. The van der Waals surface area contributed by atoms with Gasteiger partial charge in [-0.3, -0.25) is 14.9 Å². The van der Waals surface area contributed by atoms with Crippen LogP contribution in [-0.2, 0) is 9.59 Å². The first kappa shape index (κ1) is 13.4. The van der Waals surface area contributed by atoms with Gasteiger partial charge in [-0.05, 0) is 32.1 Å². The number of ether oxygens (including phenoxy) is 1. The number of carbonyl (C=O) groups excluding carboxylic acids is 1. The van der Waals surface area contributed by atoms with E-state index in [-0.39, 0.29) is 5.13 Å². The molecule has 0 atom stereocenters. The number of anilines is 1. The zero-order valence-electron chi connectivity index (χ0n) is 9.68. The van der Waals surface area contributed by atoms with Gasteiger partial charge in [0.1, 0.15) is 5.41 Å². The van der Waals surface area contributed by atoms with Crippen molar-refractivity contribution in [1.82, 2.24) is 10.2 Å². The maximum atomic E-state index is 11.6. The summed E-state index contributed by atoms with van der Waals surface area (Å²) in [5, 5.41) is 19.1. The number of nitrogens with one attached hydrogen (secondary N) is 1. The lowest BCUT2D eigenvalue weighted by atomic mass is 9.93. The summed E-state index contributed by atoms with van der Waals surface area (Å²) in [6, 6.07) is 0. The Bertz CT molecular complexity index is 430. The van der Waals surface area contributed by atoms with E-state index in [0.29, 0.717) is 11.8 Å². The van der Waals surface area contributed by atoms with E-state index in [9.17, 15) is 9.59 Å². The molecule has 0 saturated heterocycles. The van der Waals surface area contributed by atoms with Gasteiger partial charge in [0.2, 0.25) is 11.0 Å². The highest BCUT2D eigenvalue weighted by Crippen LogP contribution is 2.24. The quantitative estimate of drug-likeness (QED) is 0.764. The van der Waals surface area contributed by atoms with E-state index in [2.05, 4.69) is 15.5 Å².